The first-order valence-corrected chi connectivity index (χ1v) is 5.91. The molecule has 0 bridgehead atoms. The number of anilines is 1. The van der Waals surface area contributed by atoms with Crippen LogP contribution in [0.15, 0.2) is 12.3 Å². The van der Waals surface area contributed by atoms with Crippen molar-refractivity contribution in [3.05, 3.63) is 23.4 Å². The minimum absolute atomic E-state index is 0.656. The summed E-state index contributed by atoms with van der Waals surface area (Å²) < 4.78 is 0. The molecule has 3 nitrogen and oxygen atoms in total. The van der Waals surface area contributed by atoms with E-state index < -0.39 is 0 Å². The molecule has 0 N–H and O–H groups in total. The fourth-order valence-corrected chi connectivity index (χ4v) is 1.96. The van der Waals surface area contributed by atoms with Crippen LogP contribution in [0.5, 0.6) is 0 Å². The second-order valence-electron chi connectivity index (χ2n) is 4.51. The number of nitrogens with zero attached hydrogens (tertiary/aromatic N) is 2. The van der Waals surface area contributed by atoms with Gasteiger partial charge in [0.15, 0.2) is 6.29 Å². The molecule has 1 aromatic heterocycles. The van der Waals surface area contributed by atoms with Gasteiger partial charge in [0, 0.05) is 24.8 Å². The number of hydrogen-bond acceptors (Lipinski definition) is 3. The molecule has 1 aliphatic carbocycles. The Morgan fingerprint density at radius 2 is 2.31 bits per heavy atom. The van der Waals surface area contributed by atoms with Gasteiger partial charge in [-0.05, 0) is 44.2 Å². The van der Waals surface area contributed by atoms with Crippen LogP contribution in [0.2, 0.25) is 0 Å². The van der Waals surface area contributed by atoms with Crippen LogP contribution in [0, 0.1) is 12.8 Å². The van der Waals surface area contributed by atoms with Gasteiger partial charge in [-0.1, -0.05) is 0 Å². The zero-order valence-corrected chi connectivity index (χ0v) is 9.94. The van der Waals surface area contributed by atoms with Crippen molar-refractivity contribution in [2.24, 2.45) is 5.92 Å². The number of aldehydes is 1. The molecule has 1 heterocycles. The second-order valence-corrected chi connectivity index (χ2v) is 4.51. The maximum Gasteiger partial charge on any atom is 0.151 e. The highest BCUT2D eigenvalue weighted by molar-refractivity contribution is 5.75. The molecule has 1 fully saturated rings. The SMILES string of the molecule is CCN(CC1CC1)c1ncc(C=O)cc1C. The van der Waals surface area contributed by atoms with Crippen LogP contribution in [0.4, 0.5) is 5.82 Å². The molecule has 0 amide bonds. The van der Waals surface area contributed by atoms with Crippen LogP contribution in [-0.2, 0) is 0 Å². The van der Waals surface area contributed by atoms with Crippen LogP contribution >= 0.6 is 0 Å². The largest absolute Gasteiger partial charge is 0.356 e. The van der Waals surface area contributed by atoms with Crippen LogP contribution < -0.4 is 4.90 Å². The number of aryl methyl sites for hydroxylation is 1. The van der Waals surface area contributed by atoms with Gasteiger partial charge in [-0.25, -0.2) is 4.98 Å². The average molecular weight is 218 g/mol. The van der Waals surface area contributed by atoms with Crippen molar-refractivity contribution in [2.75, 3.05) is 18.0 Å². The van der Waals surface area contributed by atoms with E-state index in [1.54, 1.807) is 6.20 Å². The minimum atomic E-state index is 0.656. The Bertz CT molecular complexity index is 386. The summed E-state index contributed by atoms with van der Waals surface area (Å²) >= 11 is 0. The summed E-state index contributed by atoms with van der Waals surface area (Å²) in [5.74, 6) is 1.88. The molecule has 0 saturated heterocycles. The van der Waals surface area contributed by atoms with Gasteiger partial charge >= 0.3 is 0 Å². The van der Waals surface area contributed by atoms with Crippen molar-refractivity contribution >= 4 is 12.1 Å². The smallest absolute Gasteiger partial charge is 0.151 e. The molecule has 0 atom stereocenters. The fraction of sp³-hybridized carbons (Fsp3) is 0.538. The number of hydrogen-bond donors (Lipinski definition) is 0. The Hall–Kier alpha value is -1.38. The van der Waals surface area contributed by atoms with E-state index in [0.717, 1.165) is 36.7 Å². The number of carbonyl (C=O) groups excluding carboxylic acids is 1. The predicted octanol–water partition coefficient (Wildman–Crippen LogP) is 2.44. The summed E-state index contributed by atoms with van der Waals surface area (Å²) in [6.45, 7) is 6.25. The van der Waals surface area contributed by atoms with Crippen molar-refractivity contribution in [1.82, 2.24) is 4.98 Å². The Kier molecular flexibility index (Phi) is 3.22. The summed E-state index contributed by atoms with van der Waals surface area (Å²) in [5, 5.41) is 0. The van der Waals surface area contributed by atoms with Gasteiger partial charge in [-0.2, -0.15) is 0 Å². The Morgan fingerprint density at radius 3 is 2.81 bits per heavy atom. The topological polar surface area (TPSA) is 33.2 Å². The first kappa shape index (κ1) is 11.1. The quantitative estimate of drug-likeness (QED) is 0.712. The van der Waals surface area contributed by atoms with E-state index in [9.17, 15) is 4.79 Å². The molecule has 0 aliphatic heterocycles. The van der Waals surface area contributed by atoms with Gasteiger partial charge in [-0.3, -0.25) is 4.79 Å². The van der Waals surface area contributed by atoms with Crippen molar-refractivity contribution in [3.63, 3.8) is 0 Å². The summed E-state index contributed by atoms with van der Waals surface area (Å²) in [6.07, 6.45) is 5.20. The summed E-state index contributed by atoms with van der Waals surface area (Å²) in [5.41, 5.74) is 1.75. The highest BCUT2D eigenvalue weighted by Gasteiger charge is 2.24. The lowest BCUT2D eigenvalue weighted by atomic mass is 10.2. The zero-order valence-electron chi connectivity index (χ0n) is 9.94. The zero-order chi connectivity index (χ0) is 11.5. The van der Waals surface area contributed by atoms with Crippen LogP contribution in [0.1, 0.15) is 35.7 Å². The van der Waals surface area contributed by atoms with Gasteiger partial charge < -0.3 is 4.90 Å². The molecule has 0 radical (unpaired) electrons. The Balaban J connectivity index is 2.18. The lowest BCUT2D eigenvalue weighted by Gasteiger charge is -2.23. The van der Waals surface area contributed by atoms with Crippen molar-refractivity contribution in [3.8, 4) is 0 Å². The molecule has 0 spiro atoms. The molecule has 86 valence electrons. The maximum atomic E-state index is 10.6. The van der Waals surface area contributed by atoms with Gasteiger partial charge in [-0.15, -0.1) is 0 Å². The van der Waals surface area contributed by atoms with Gasteiger partial charge in [0.1, 0.15) is 5.82 Å². The highest BCUT2D eigenvalue weighted by atomic mass is 16.1. The van der Waals surface area contributed by atoms with Crippen LogP contribution in [0.3, 0.4) is 0 Å². The summed E-state index contributed by atoms with van der Waals surface area (Å²) in [6, 6.07) is 1.91. The highest BCUT2D eigenvalue weighted by Crippen LogP contribution is 2.31. The van der Waals surface area contributed by atoms with E-state index in [0.29, 0.717) is 5.56 Å². The van der Waals surface area contributed by atoms with E-state index in [4.69, 9.17) is 0 Å². The first-order chi connectivity index (χ1) is 7.74. The Labute approximate surface area is 96.5 Å². The molecule has 2 rings (SSSR count). The number of aromatic nitrogens is 1. The van der Waals surface area contributed by atoms with E-state index in [-0.39, 0.29) is 0 Å². The van der Waals surface area contributed by atoms with Crippen LogP contribution in [-0.4, -0.2) is 24.4 Å². The molecule has 3 heteroatoms. The third-order valence-electron chi connectivity index (χ3n) is 3.06. The molecule has 1 saturated carbocycles. The molecule has 0 unspecified atom stereocenters. The third kappa shape index (κ3) is 2.40. The first-order valence-electron chi connectivity index (χ1n) is 5.91. The summed E-state index contributed by atoms with van der Waals surface area (Å²) in [4.78, 5) is 17.3. The third-order valence-corrected chi connectivity index (χ3v) is 3.06. The van der Waals surface area contributed by atoms with E-state index in [1.165, 1.54) is 12.8 Å². The minimum Gasteiger partial charge on any atom is -0.356 e. The molecular weight excluding hydrogens is 200 g/mol. The lowest BCUT2D eigenvalue weighted by molar-refractivity contribution is 0.112. The van der Waals surface area contributed by atoms with Crippen molar-refractivity contribution in [1.29, 1.82) is 0 Å². The number of pyridine rings is 1. The second kappa shape index (κ2) is 4.64. The molecule has 0 aromatic carbocycles. The Morgan fingerprint density at radius 1 is 1.56 bits per heavy atom. The van der Waals surface area contributed by atoms with Crippen molar-refractivity contribution < 1.29 is 4.79 Å². The fourth-order valence-electron chi connectivity index (χ4n) is 1.96. The van der Waals surface area contributed by atoms with Crippen LogP contribution in [0.25, 0.3) is 0 Å². The van der Waals surface area contributed by atoms with E-state index >= 15 is 0 Å². The number of rotatable bonds is 5. The maximum absolute atomic E-state index is 10.6. The lowest BCUT2D eigenvalue weighted by Crippen LogP contribution is -2.27. The molecular formula is C13H18N2O. The predicted molar refractivity (Wildman–Crippen MR) is 65.0 cm³/mol. The molecule has 16 heavy (non-hydrogen) atoms. The number of carbonyl (C=O) groups is 1. The standard InChI is InChI=1S/C13H18N2O/c1-3-15(8-11-4-5-11)13-10(2)6-12(9-16)7-14-13/h6-7,9,11H,3-5,8H2,1-2H3. The van der Waals surface area contributed by atoms with Crippen molar-refractivity contribution in [2.45, 2.75) is 26.7 Å². The summed E-state index contributed by atoms with van der Waals surface area (Å²) in [7, 11) is 0. The van der Waals surface area contributed by atoms with Gasteiger partial charge in [0.25, 0.3) is 0 Å². The molecule has 1 aliphatic rings. The van der Waals surface area contributed by atoms with E-state index in [1.807, 2.05) is 13.0 Å². The monoisotopic (exact) mass is 218 g/mol. The van der Waals surface area contributed by atoms with E-state index in [2.05, 4.69) is 16.8 Å². The normalized spacial score (nSPS) is 14.9. The van der Waals surface area contributed by atoms with Gasteiger partial charge in [0.2, 0.25) is 0 Å². The van der Waals surface area contributed by atoms with Gasteiger partial charge in [0.05, 0.1) is 0 Å². The molecule has 1 aromatic rings. The average Bonchev–Trinajstić information content (AvgIpc) is 3.10.